The van der Waals surface area contributed by atoms with Crippen molar-refractivity contribution in [2.45, 2.75) is 0 Å². The first-order valence-electron chi connectivity index (χ1n) is 3.01. The number of aromatic hydroxyl groups is 1. The highest BCUT2D eigenvalue weighted by Crippen LogP contribution is 2.27. The molecular weight excluding hydrogens is 185 g/mol. The van der Waals surface area contributed by atoms with Crippen molar-refractivity contribution in [1.29, 1.82) is 0 Å². The fourth-order valence-corrected chi connectivity index (χ4v) is 1.02. The Morgan fingerprint density at radius 3 is 2.58 bits per heavy atom. The highest BCUT2D eigenvalue weighted by Gasteiger charge is 2.15. The van der Waals surface area contributed by atoms with Crippen LogP contribution in [0.25, 0.3) is 0 Å². The maximum atomic E-state index is 12.6. The van der Waals surface area contributed by atoms with Gasteiger partial charge in [0.1, 0.15) is 5.56 Å². The highest BCUT2D eigenvalue weighted by molar-refractivity contribution is 6.34. The van der Waals surface area contributed by atoms with Crippen molar-refractivity contribution >= 4 is 17.5 Å². The largest absolute Gasteiger partial charge is 0.504 e. The van der Waals surface area contributed by atoms with E-state index in [1.807, 2.05) is 0 Å². The van der Waals surface area contributed by atoms with Gasteiger partial charge in [-0.2, -0.15) is 0 Å². The lowest BCUT2D eigenvalue weighted by Crippen LogP contribution is -2.12. The van der Waals surface area contributed by atoms with Crippen molar-refractivity contribution in [1.82, 2.24) is 0 Å². The smallest absolute Gasteiger partial charge is 0.254 e. The van der Waals surface area contributed by atoms with Crippen molar-refractivity contribution in [3.05, 3.63) is 28.5 Å². The molecule has 0 radical (unpaired) electrons. The summed E-state index contributed by atoms with van der Waals surface area (Å²) in [5.41, 5.74) is 4.44. The Morgan fingerprint density at radius 1 is 1.58 bits per heavy atom. The van der Waals surface area contributed by atoms with Crippen LogP contribution in [-0.2, 0) is 0 Å². The molecule has 0 spiro atoms. The minimum absolute atomic E-state index is 0.0681. The van der Waals surface area contributed by atoms with Gasteiger partial charge in [0, 0.05) is 0 Å². The topological polar surface area (TPSA) is 63.3 Å². The number of carbonyl (C=O) groups is 1. The molecule has 64 valence electrons. The Morgan fingerprint density at radius 2 is 2.17 bits per heavy atom. The summed E-state index contributed by atoms with van der Waals surface area (Å²) >= 11 is 5.47. The minimum atomic E-state index is -0.961. The number of carbonyl (C=O) groups excluding carboxylic acids is 1. The van der Waals surface area contributed by atoms with Gasteiger partial charge in [-0.25, -0.2) is 4.39 Å². The molecule has 0 saturated carbocycles. The van der Waals surface area contributed by atoms with Crippen LogP contribution in [0.5, 0.6) is 5.75 Å². The van der Waals surface area contributed by atoms with Crippen molar-refractivity contribution in [2.24, 2.45) is 5.73 Å². The van der Waals surface area contributed by atoms with Gasteiger partial charge in [0.15, 0.2) is 11.6 Å². The van der Waals surface area contributed by atoms with Gasteiger partial charge in [-0.15, -0.1) is 0 Å². The van der Waals surface area contributed by atoms with Crippen LogP contribution in [0.3, 0.4) is 0 Å². The van der Waals surface area contributed by atoms with Gasteiger partial charge in [0.25, 0.3) is 5.91 Å². The van der Waals surface area contributed by atoms with Crippen LogP contribution in [0.2, 0.25) is 5.02 Å². The molecule has 0 aliphatic carbocycles. The molecule has 5 heteroatoms. The summed E-state index contributed by atoms with van der Waals surface area (Å²) in [6, 6.07) is 2.10. The van der Waals surface area contributed by atoms with Gasteiger partial charge in [0.2, 0.25) is 0 Å². The van der Waals surface area contributed by atoms with Crippen LogP contribution in [0.15, 0.2) is 12.1 Å². The summed E-state index contributed by atoms with van der Waals surface area (Å²) in [5, 5.41) is 8.92. The molecule has 12 heavy (non-hydrogen) atoms. The van der Waals surface area contributed by atoms with Gasteiger partial charge >= 0.3 is 0 Å². The van der Waals surface area contributed by atoms with E-state index in [-0.39, 0.29) is 5.02 Å². The average molecular weight is 190 g/mol. The molecule has 0 atom stereocenters. The Balaban J connectivity index is 3.43. The zero-order chi connectivity index (χ0) is 9.30. The molecule has 1 aromatic rings. The first-order chi connectivity index (χ1) is 5.54. The summed E-state index contributed by atoms with van der Waals surface area (Å²) in [7, 11) is 0. The highest BCUT2D eigenvalue weighted by atomic mass is 35.5. The van der Waals surface area contributed by atoms with E-state index in [9.17, 15) is 9.18 Å². The van der Waals surface area contributed by atoms with E-state index in [4.69, 9.17) is 22.4 Å². The lowest BCUT2D eigenvalue weighted by molar-refractivity contribution is 0.0997. The Hall–Kier alpha value is -1.29. The van der Waals surface area contributed by atoms with E-state index in [1.165, 1.54) is 0 Å². The summed E-state index contributed by atoms with van der Waals surface area (Å²) in [6.45, 7) is 0. The van der Waals surface area contributed by atoms with E-state index in [0.717, 1.165) is 12.1 Å². The molecule has 0 fully saturated rings. The quantitative estimate of drug-likeness (QED) is 0.699. The zero-order valence-electron chi connectivity index (χ0n) is 5.84. The number of hydrogen-bond acceptors (Lipinski definition) is 2. The van der Waals surface area contributed by atoms with Gasteiger partial charge < -0.3 is 10.8 Å². The van der Waals surface area contributed by atoms with Crippen LogP contribution in [0.4, 0.5) is 4.39 Å². The van der Waals surface area contributed by atoms with Gasteiger partial charge in [-0.1, -0.05) is 11.6 Å². The zero-order valence-corrected chi connectivity index (χ0v) is 6.60. The SMILES string of the molecule is NC(=O)c1c(Cl)ccc(F)c1O. The molecule has 1 amide bonds. The number of nitrogens with two attached hydrogens (primary N) is 1. The first-order valence-corrected chi connectivity index (χ1v) is 3.38. The predicted octanol–water partition coefficient (Wildman–Crippen LogP) is 1.28. The number of hydrogen-bond donors (Lipinski definition) is 2. The maximum absolute atomic E-state index is 12.6. The molecule has 3 nitrogen and oxygen atoms in total. The molecule has 3 N–H and O–H groups in total. The van der Waals surface area contributed by atoms with Crippen molar-refractivity contribution < 1.29 is 14.3 Å². The Kier molecular flexibility index (Phi) is 2.19. The second kappa shape index (κ2) is 2.98. The molecule has 0 aliphatic heterocycles. The molecule has 1 aromatic carbocycles. The van der Waals surface area contributed by atoms with Gasteiger partial charge in [-0.05, 0) is 12.1 Å². The van der Waals surface area contributed by atoms with E-state index in [2.05, 4.69) is 0 Å². The second-order valence-corrected chi connectivity index (χ2v) is 2.52. The molecule has 0 bridgehead atoms. The summed E-state index contributed by atoms with van der Waals surface area (Å²) in [6.07, 6.45) is 0. The number of amides is 1. The maximum Gasteiger partial charge on any atom is 0.254 e. The Labute approximate surface area is 72.6 Å². The third-order valence-electron chi connectivity index (χ3n) is 1.32. The second-order valence-electron chi connectivity index (χ2n) is 2.12. The summed E-state index contributed by atoms with van der Waals surface area (Å²) in [4.78, 5) is 10.6. The molecule has 1 rings (SSSR count). The Bertz CT molecular complexity index is 340. The minimum Gasteiger partial charge on any atom is -0.504 e. The third-order valence-corrected chi connectivity index (χ3v) is 1.64. The number of rotatable bonds is 1. The van der Waals surface area contributed by atoms with Crippen molar-refractivity contribution in [3.8, 4) is 5.75 Å². The third kappa shape index (κ3) is 1.33. The molecule has 0 aliphatic rings. The summed E-state index contributed by atoms with van der Waals surface area (Å²) < 4.78 is 12.6. The standard InChI is InChI=1S/C7H5ClFNO2/c8-3-1-2-4(9)6(11)5(3)7(10)12/h1-2,11H,(H2,10,12). The molecule has 0 unspecified atom stereocenters. The summed E-state index contributed by atoms with van der Waals surface area (Å²) in [5.74, 6) is -2.69. The van der Waals surface area contributed by atoms with Crippen LogP contribution >= 0.6 is 11.6 Å². The molecule has 0 saturated heterocycles. The van der Waals surface area contributed by atoms with Crippen LogP contribution < -0.4 is 5.73 Å². The predicted molar refractivity (Wildman–Crippen MR) is 41.6 cm³/mol. The fourth-order valence-electron chi connectivity index (χ4n) is 0.776. The normalized spacial score (nSPS) is 9.83. The van der Waals surface area contributed by atoms with Crippen molar-refractivity contribution in [3.63, 3.8) is 0 Å². The number of benzene rings is 1. The van der Waals surface area contributed by atoms with E-state index in [0.29, 0.717) is 0 Å². The van der Waals surface area contributed by atoms with Crippen LogP contribution in [0.1, 0.15) is 10.4 Å². The lowest BCUT2D eigenvalue weighted by atomic mass is 10.2. The average Bonchev–Trinajstić information content (AvgIpc) is 1.97. The monoisotopic (exact) mass is 189 g/mol. The van der Waals surface area contributed by atoms with Crippen molar-refractivity contribution in [2.75, 3.05) is 0 Å². The van der Waals surface area contributed by atoms with Crippen LogP contribution in [0, 0.1) is 5.82 Å². The van der Waals surface area contributed by atoms with E-state index in [1.54, 1.807) is 0 Å². The molecular formula is C7H5ClFNO2. The molecule has 0 aromatic heterocycles. The number of halogens is 2. The number of phenols is 1. The molecule has 0 heterocycles. The number of primary amides is 1. The first kappa shape index (κ1) is 8.80. The van der Waals surface area contributed by atoms with Gasteiger partial charge in [0.05, 0.1) is 5.02 Å². The van der Waals surface area contributed by atoms with E-state index < -0.39 is 23.0 Å². The van der Waals surface area contributed by atoms with Gasteiger partial charge in [-0.3, -0.25) is 4.79 Å². The van der Waals surface area contributed by atoms with E-state index >= 15 is 0 Å². The van der Waals surface area contributed by atoms with Crippen LogP contribution in [-0.4, -0.2) is 11.0 Å². The lowest BCUT2D eigenvalue weighted by Gasteiger charge is -2.02. The fraction of sp³-hybridized carbons (Fsp3) is 0.